The Morgan fingerprint density at radius 3 is 2.36 bits per heavy atom. The molecule has 0 aliphatic carbocycles. The molecule has 6 nitrogen and oxygen atoms in total. The number of anilines is 2. The van der Waals surface area contributed by atoms with Gasteiger partial charge in [-0.1, -0.05) is 17.7 Å². The fourth-order valence-electron chi connectivity index (χ4n) is 4.45. The lowest BCUT2D eigenvalue weighted by Gasteiger charge is -2.40. The summed E-state index contributed by atoms with van der Waals surface area (Å²) in [4.78, 5) is 18.3. The monoisotopic (exact) mass is 464 g/mol. The minimum atomic E-state index is -0.190. The number of phenolic OH excluding ortho intramolecular Hbond substituents is 1. The first-order valence-electron chi connectivity index (χ1n) is 11.0. The van der Waals surface area contributed by atoms with Gasteiger partial charge in [0.05, 0.1) is 10.7 Å². The second kappa shape index (κ2) is 8.94. The summed E-state index contributed by atoms with van der Waals surface area (Å²) < 4.78 is 0. The van der Waals surface area contributed by atoms with E-state index in [1.165, 1.54) is 0 Å². The Morgan fingerprint density at radius 1 is 1.12 bits per heavy atom. The van der Waals surface area contributed by atoms with Crippen LogP contribution >= 0.6 is 11.6 Å². The Hall–Kier alpha value is -3.25. The van der Waals surface area contributed by atoms with Gasteiger partial charge in [-0.3, -0.25) is 4.79 Å². The lowest BCUT2D eigenvalue weighted by Crippen LogP contribution is -2.53. The highest BCUT2D eigenvalue weighted by atomic mass is 35.5. The molecule has 1 aromatic heterocycles. The van der Waals surface area contributed by atoms with Crippen LogP contribution in [0.2, 0.25) is 5.02 Å². The number of amides is 1. The molecule has 1 amide bonds. The molecule has 33 heavy (non-hydrogen) atoms. The molecule has 0 spiro atoms. The molecule has 3 aromatic rings. The molecule has 2 heterocycles. The van der Waals surface area contributed by atoms with Gasteiger partial charge in [-0.05, 0) is 79.8 Å². The third kappa shape index (κ3) is 4.91. The number of piperidine rings is 1. The number of aryl methyl sites for hydroxylation is 1. The molecular weight excluding hydrogens is 436 g/mol. The van der Waals surface area contributed by atoms with E-state index < -0.39 is 0 Å². The van der Waals surface area contributed by atoms with Crippen LogP contribution in [0.4, 0.5) is 11.5 Å². The summed E-state index contributed by atoms with van der Waals surface area (Å²) in [7, 11) is 0. The van der Waals surface area contributed by atoms with Crippen molar-refractivity contribution in [3.8, 4) is 28.0 Å². The van der Waals surface area contributed by atoms with E-state index in [-0.39, 0.29) is 17.2 Å². The number of hydrogen-bond acceptors (Lipinski definition) is 5. The van der Waals surface area contributed by atoms with E-state index >= 15 is 0 Å². The molecule has 0 saturated carbocycles. The van der Waals surface area contributed by atoms with Crippen LogP contribution in [0.3, 0.4) is 0 Å². The van der Waals surface area contributed by atoms with Crippen LogP contribution in [-0.4, -0.2) is 34.6 Å². The highest BCUT2D eigenvalue weighted by Gasteiger charge is 2.31. The zero-order chi connectivity index (χ0) is 23.8. The number of nitrogens with one attached hydrogen (secondary N) is 1. The van der Waals surface area contributed by atoms with Crippen molar-refractivity contribution in [2.24, 2.45) is 0 Å². The average molecular weight is 465 g/mol. The molecule has 0 unspecified atom stereocenters. The molecule has 172 valence electrons. The molecule has 2 aromatic carbocycles. The van der Waals surface area contributed by atoms with Crippen molar-refractivity contribution in [1.82, 2.24) is 10.3 Å². The maximum atomic E-state index is 11.5. The Labute approximate surface area is 199 Å². The van der Waals surface area contributed by atoms with Crippen molar-refractivity contribution in [2.75, 3.05) is 23.7 Å². The summed E-state index contributed by atoms with van der Waals surface area (Å²) in [5, 5.41) is 14.7. The molecule has 0 bridgehead atoms. The third-order valence-corrected chi connectivity index (χ3v) is 6.62. The molecular formula is C26H29ClN4O2. The third-order valence-electron chi connectivity index (χ3n) is 6.29. The van der Waals surface area contributed by atoms with Crippen LogP contribution in [0.1, 0.15) is 32.3 Å². The molecule has 4 rings (SSSR count). The predicted molar refractivity (Wildman–Crippen MR) is 135 cm³/mol. The number of nitrogen functional groups attached to an aromatic ring is 1. The first-order valence-corrected chi connectivity index (χ1v) is 11.4. The summed E-state index contributed by atoms with van der Waals surface area (Å²) >= 11 is 6.22. The zero-order valence-corrected chi connectivity index (χ0v) is 19.9. The van der Waals surface area contributed by atoms with Crippen LogP contribution in [0.5, 0.6) is 5.75 Å². The number of pyridine rings is 1. The first-order chi connectivity index (χ1) is 15.6. The van der Waals surface area contributed by atoms with E-state index in [1.807, 2.05) is 37.3 Å². The van der Waals surface area contributed by atoms with Crippen LogP contribution in [0, 0.1) is 6.92 Å². The van der Waals surface area contributed by atoms with Gasteiger partial charge >= 0.3 is 0 Å². The lowest BCUT2D eigenvalue weighted by atomic mass is 9.89. The van der Waals surface area contributed by atoms with Crippen molar-refractivity contribution in [2.45, 2.75) is 39.2 Å². The van der Waals surface area contributed by atoms with Crippen molar-refractivity contribution >= 4 is 29.0 Å². The topological polar surface area (TPSA) is 91.5 Å². The number of halogens is 1. The van der Waals surface area contributed by atoms with Gasteiger partial charge in [0, 0.05) is 42.9 Å². The molecule has 1 aliphatic heterocycles. The van der Waals surface area contributed by atoms with Crippen molar-refractivity contribution in [3.05, 3.63) is 59.2 Å². The Morgan fingerprint density at radius 2 is 1.76 bits per heavy atom. The zero-order valence-electron chi connectivity index (χ0n) is 19.2. The number of aromatic hydroxyl groups is 1. The minimum absolute atomic E-state index is 0.000751. The van der Waals surface area contributed by atoms with Gasteiger partial charge in [0.15, 0.2) is 0 Å². The molecule has 0 radical (unpaired) electrons. The summed E-state index contributed by atoms with van der Waals surface area (Å²) in [6.45, 7) is 7.24. The van der Waals surface area contributed by atoms with Gasteiger partial charge in [0.1, 0.15) is 11.6 Å². The van der Waals surface area contributed by atoms with Gasteiger partial charge in [0.25, 0.3) is 0 Å². The molecule has 1 fully saturated rings. The smallest absolute Gasteiger partial charge is 0.217 e. The molecule has 1 aliphatic rings. The summed E-state index contributed by atoms with van der Waals surface area (Å²) in [5.41, 5.74) is 10.3. The first kappa shape index (κ1) is 22.9. The van der Waals surface area contributed by atoms with E-state index in [0.29, 0.717) is 16.3 Å². The Bertz CT molecular complexity index is 1200. The number of phenols is 1. The quantitative estimate of drug-likeness (QED) is 0.464. The number of nitrogens with two attached hydrogens (primary N) is 1. The maximum absolute atomic E-state index is 11.5. The second-order valence-corrected chi connectivity index (χ2v) is 9.48. The van der Waals surface area contributed by atoms with E-state index in [1.54, 1.807) is 25.3 Å². The number of carbonyl (C=O) groups is 1. The molecule has 1 saturated heterocycles. The van der Waals surface area contributed by atoms with Crippen molar-refractivity contribution < 1.29 is 9.90 Å². The Kier molecular flexibility index (Phi) is 6.21. The molecule has 7 heteroatoms. The van der Waals surface area contributed by atoms with Crippen LogP contribution < -0.4 is 16.0 Å². The number of aromatic nitrogens is 1. The van der Waals surface area contributed by atoms with Gasteiger partial charge in [-0.25, -0.2) is 4.98 Å². The van der Waals surface area contributed by atoms with Gasteiger partial charge in [-0.2, -0.15) is 0 Å². The lowest BCUT2D eigenvalue weighted by molar-refractivity contribution is -0.120. The van der Waals surface area contributed by atoms with Crippen molar-refractivity contribution in [3.63, 3.8) is 0 Å². The average Bonchev–Trinajstić information content (AvgIpc) is 2.77. The van der Waals surface area contributed by atoms with Crippen LogP contribution in [0.15, 0.2) is 48.7 Å². The van der Waals surface area contributed by atoms with E-state index in [9.17, 15) is 9.90 Å². The fourth-order valence-corrected chi connectivity index (χ4v) is 4.63. The summed E-state index contributed by atoms with van der Waals surface area (Å²) in [6.07, 6.45) is 3.46. The molecule has 0 atom stereocenters. The Balaban J connectivity index is 1.65. The number of rotatable bonds is 4. The highest BCUT2D eigenvalue weighted by Crippen LogP contribution is 2.41. The number of hydrogen-bond donors (Lipinski definition) is 3. The number of benzene rings is 2. The summed E-state index contributed by atoms with van der Waals surface area (Å²) in [5.74, 6) is 1.05. The standard InChI is InChI=1S/C26H29ClN4O2/c1-16-12-20(18-4-5-23(28)22(27)14-18)25(33)21(13-16)19-6-9-29-24(15-19)31-10-7-26(3,8-11-31)30-17(2)32/h4-6,9,12-15,33H,7-8,10-11,28H2,1-3H3,(H,30,32). The van der Waals surface area contributed by atoms with E-state index in [0.717, 1.165) is 54.0 Å². The van der Waals surface area contributed by atoms with Gasteiger partial charge in [0.2, 0.25) is 5.91 Å². The second-order valence-electron chi connectivity index (χ2n) is 9.08. The largest absolute Gasteiger partial charge is 0.507 e. The van der Waals surface area contributed by atoms with Crippen LogP contribution in [0.25, 0.3) is 22.3 Å². The van der Waals surface area contributed by atoms with E-state index in [4.69, 9.17) is 17.3 Å². The fraction of sp³-hybridized carbons (Fsp3) is 0.308. The van der Waals surface area contributed by atoms with E-state index in [2.05, 4.69) is 22.1 Å². The highest BCUT2D eigenvalue weighted by molar-refractivity contribution is 6.33. The summed E-state index contributed by atoms with van der Waals surface area (Å²) in [6, 6.07) is 13.2. The van der Waals surface area contributed by atoms with Gasteiger partial charge < -0.3 is 21.1 Å². The van der Waals surface area contributed by atoms with Crippen molar-refractivity contribution in [1.29, 1.82) is 0 Å². The predicted octanol–water partition coefficient (Wildman–Crippen LogP) is 5.16. The number of nitrogens with zero attached hydrogens (tertiary/aromatic N) is 2. The number of carbonyl (C=O) groups excluding carboxylic acids is 1. The molecule has 4 N–H and O–H groups in total. The van der Waals surface area contributed by atoms with Gasteiger partial charge in [-0.15, -0.1) is 0 Å². The maximum Gasteiger partial charge on any atom is 0.217 e. The van der Waals surface area contributed by atoms with Crippen LogP contribution in [-0.2, 0) is 4.79 Å². The normalized spacial score (nSPS) is 15.3. The minimum Gasteiger partial charge on any atom is -0.507 e. The SMILES string of the molecule is CC(=O)NC1(C)CCN(c2cc(-c3cc(C)cc(-c4ccc(N)c(Cl)c4)c3O)ccn2)CC1.